The van der Waals surface area contributed by atoms with Gasteiger partial charge in [-0.15, -0.1) is 0 Å². The highest BCUT2D eigenvalue weighted by Gasteiger charge is 2.10. The Kier molecular flexibility index (Phi) is 3.58. The minimum absolute atomic E-state index is 0.655. The lowest BCUT2D eigenvalue weighted by atomic mass is 10.2. The van der Waals surface area contributed by atoms with Gasteiger partial charge in [-0.3, -0.25) is 9.78 Å². The van der Waals surface area contributed by atoms with Gasteiger partial charge in [-0.25, -0.2) is 0 Å². The van der Waals surface area contributed by atoms with Gasteiger partial charge in [0.1, 0.15) is 0 Å². The van der Waals surface area contributed by atoms with Gasteiger partial charge in [0.15, 0.2) is 0 Å². The predicted octanol–water partition coefficient (Wildman–Crippen LogP) is 1.56. The molecule has 17 heavy (non-hydrogen) atoms. The molecule has 2 heterocycles. The number of hydrogen-bond acceptors (Lipinski definition) is 3. The van der Waals surface area contributed by atoms with Crippen LogP contribution in [0.25, 0.3) is 11.4 Å². The number of nitrogens with one attached hydrogen (secondary N) is 2. The Labute approximate surface area is 101 Å². The van der Waals surface area contributed by atoms with Crippen LogP contribution < -0.4 is 5.32 Å². The Bertz CT molecular complexity index is 469. The molecule has 2 aromatic heterocycles. The topological polar surface area (TPSA) is 58.5 Å². The summed E-state index contributed by atoms with van der Waals surface area (Å²) in [7, 11) is 1.93. The fraction of sp³-hybridized carbons (Fsp3) is 0.500. The van der Waals surface area contributed by atoms with E-state index >= 15 is 0 Å². The van der Waals surface area contributed by atoms with E-state index in [1.165, 1.54) is 5.56 Å². The summed E-state index contributed by atoms with van der Waals surface area (Å²) in [4.78, 5) is 0. The quantitative estimate of drug-likeness (QED) is 0.824. The van der Waals surface area contributed by atoms with Crippen molar-refractivity contribution < 1.29 is 0 Å². The summed E-state index contributed by atoms with van der Waals surface area (Å²) in [5, 5.41) is 14.7. The Morgan fingerprint density at radius 1 is 1.47 bits per heavy atom. The normalized spacial score (nSPS) is 11.3. The molecule has 0 atom stereocenters. The summed E-state index contributed by atoms with van der Waals surface area (Å²) in [5.41, 5.74) is 3.28. The average molecular weight is 233 g/mol. The monoisotopic (exact) mass is 233 g/mol. The lowest BCUT2D eigenvalue weighted by Gasteiger charge is -2.07. The Balaban J connectivity index is 2.10. The van der Waals surface area contributed by atoms with Crippen LogP contribution in [0.2, 0.25) is 0 Å². The van der Waals surface area contributed by atoms with Crippen molar-refractivity contribution >= 4 is 0 Å². The van der Waals surface area contributed by atoms with Crippen LogP contribution >= 0.6 is 0 Å². The first-order valence-electron chi connectivity index (χ1n) is 5.90. The van der Waals surface area contributed by atoms with Crippen LogP contribution in [0, 0.1) is 5.92 Å². The van der Waals surface area contributed by atoms with Crippen LogP contribution in [-0.4, -0.2) is 26.5 Å². The molecular weight excluding hydrogens is 214 g/mol. The minimum atomic E-state index is 0.655. The van der Waals surface area contributed by atoms with Crippen molar-refractivity contribution in [3.05, 3.63) is 24.0 Å². The van der Waals surface area contributed by atoms with Crippen molar-refractivity contribution in [1.82, 2.24) is 25.3 Å². The van der Waals surface area contributed by atoms with Crippen LogP contribution in [0.1, 0.15) is 19.4 Å². The van der Waals surface area contributed by atoms with Gasteiger partial charge in [-0.2, -0.15) is 10.2 Å². The van der Waals surface area contributed by atoms with E-state index in [1.807, 2.05) is 24.0 Å². The molecule has 0 saturated heterocycles. The fourth-order valence-electron chi connectivity index (χ4n) is 1.78. The van der Waals surface area contributed by atoms with Gasteiger partial charge in [0.2, 0.25) is 0 Å². The highest BCUT2D eigenvalue weighted by Crippen LogP contribution is 2.19. The molecule has 0 fully saturated rings. The predicted molar refractivity (Wildman–Crippen MR) is 67.3 cm³/mol. The SMILES string of the molecule is CC(C)CNCc1cn[nH]c1-c1ccnn1C. The summed E-state index contributed by atoms with van der Waals surface area (Å²) in [6.45, 7) is 6.24. The second kappa shape index (κ2) is 5.14. The zero-order valence-electron chi connectivity index (χ0n) is 10.6. The van der Waals surface area contributed by atoms with E-state index in [1.54, 1.807) is 6.20 Å². The van der Waals surface area contributed by atoms with E-state index in [4.69, 9.17) is 0 Å². The van der Waals surface area contributed by atoms with E-state index in [-0.39, 0.29) is 0 Å². The molecule has 0 spiro atoms. The molecule has 0 saturated carbocycles. The van der Waals surface area contributed by atoms with Crippen molar-refractivity contribution in [3.8, 4) is 11.4 Å². The van der Waals surface area contributed by atoms with Gasteiger partial charge in [-0.1, -0.05) is 13.8 Å². The highest BCUT2D eigenvalue weighted by atomic mass is 15.3. The molecule has 2 N–H and O–H groups in total. The van der Waals surface area contributed by atoms with Crippen LogP contribution in [0.15, 0.2) is 18.5 Å². The molecule has 2 rings (SSSR count). The Morgan fingerprint density at radius 2 is 2.29 bits per heavy atom. The molecular formula is C12H19N5. The van der Waals surface area contributed by atoms with E-state index in [9.17, 15) is 0 Å². The maximum atomic E-state index is 4.17. The number of nitrogens with zero attached hydrogens (tertiary/aromatic N) is 3. The molecule has 0 radical (unpaired) electrons. The number of hydrogen-bond donors (Lipinski definition) is 2. The van der Waals surface area contributed by atoms with E-state index < -0.39 is 0 Å². The number of H-pyrrole nitrogens is 1. The van der Waals surface area contributed by atoms with Gasteiger partial charge < -0.3 is 5.32 Å². The molecule has 0 bridgehead atoms. The van der Waals surface area contributed by atoms with Gasteiger partial charge in [-0.05, 0) is 18.5 Å². The summed E-state index contributed by atoms with van der Waals surface area (Å²) in [6, 6.07) is 1.99. The summed E-state index contributed by atoms with van der Waals surface area (Å²) >= 11 is 0. The lowest BCUT2D eigenvalue weighted by Crippen LogP contribution is -2.19. The summed E-state index contributed by atoms with van der Waals surface area (Å²) in [5.74, 6) is 0.655. The largest absolute Gasteiger partial charge is 0.312 e. The van der Waals surface area contributed by atoms with Crippen LogP contribution in [-0.2, 0) is 13.6 Å². The highest BCUT2D eigenvalue weighted by molar-refractivity contribution is 5.58. The first-order valence-corrected chi connectivity index (χ1v) is 5.90. The van der Waals surface area contributed by atoms with Crippen molar-refractivity contribution in [2.24, 2.45) is 13.0 Å². The molecule has 0 aliphatic carbocycles. The number of aromatic amines is 1. The van der Waals surface area contributed by atoms with Crippen molar-refractivity contribution in [2.75, 3.05) is 6.54 Å². The first kappa shape index (κ1) is 11.9. The zero-order valence-corrected chi connectivity index (χ0v) is 10.6. The third-order valence-corrected chi connectivity index (χ3v) is 2.66. The molecule has 0 aliphatic rings. The molecule has 0 aromatic carbocycles. The van der Waals surface area contributed by atoms with Crippen molar-refractivity contribution in [2.45, 2.75) is 20.4 Å². The van der Waals surface area contributed by atoms with E-state index in [2.05, 4.69) is 34.5 Å². The maximum absolute atomic E-state index is 4.17. The number of aryl methyl sites for hydroxylation is 1. The molecule has 0 unspecified atom stereocenters. The van der Waals surface area contributed by atoms with Crippen LogP contribution in [0.5, 0.6) is 0 Å². The molecule has 92 valence electrons. The lowest BCUT2D eigenvalue weighted by molar-refractivity contribution is 0.552. The second-order valence-corrected chi connectivity index (χ2v) is 4.64. The third-order valence-electron chi connectivity index (χ3n) is 2.66. The molecule has 2 aromatic rings. The standard InChI is InChI=1S/C12H19N5/c1-9(2)6-13-7-10-8-14-16-12(10)11-4-5-15-17(11)3/h4-5,8-9,13H,6-7H2,1-3H3,(H,14,16). The summed E-state index contributed by atoms with van der Waals surface area (Å²) < 4.78 is 1.85. The van der Waals surface area contributed by atoms with Crippen molar-refractivity contribution in [3.63, 3.8) is 0 Å². The maximum Gasteiger partial charge on any atom is 0.0876 e. The third kappa shape index (κ3) is 2.74. The Hall–Kier alpha value is -1.62. The van der Waals surface area contributed by atoms with Gasteiger partial charge >= 0.3 is 0 Å². The van der Waals surface area contributed by atoms with E-state index in [0.717, 1.165) is 24.5 Å². The minimum Gasteiger partial charge on any atom is -0.312 e. The fourth-order valence-corrected chi connectivity index (χ4v) is 1.78. The van der Waals surface area contributed by atoms with Gasteiger partial charge in [0.05, 0.1) is 17.6 Å². The van der Waals surface area contributed by atoms with Gasteiger partial charge in [0.25, 0.3) is 0 Å². The average Bonchev–Trinajstić information content (AvgIpc) is 2.86. The number of rotatable bonds is 5. The number of aromatic nitrogens is 4. The van der Waals surface area contributed by atoms with Crippen LogP contribution in [0.3, 0.4) is 0 Å². The van der Waals surface area contributed by atoms with Crippen molar-refractivity contribution in [1.29, 1.82) is 0 Å². The first-order chi connectivity index (χ1) is 8.18. The molecule has 0 aliphatic heterocycles. The van der Waals surface area contributed by atoms with Crippen LogP contribution in [0.4, 0.5) is 0 Å². The smallest absolute Gasteiger partial charge is 0.0876 e. The molecule has 5 nitrogen and oxygen atoms in total. The summed E-state index contributed by atoms with van der Waals surface area (Å²) in [6.07, 6.45) is 3.66. The molecule has 5 heteroatoms. The second-order valence-electron chi connectivity index (χ2n) is 4.64. The van der Waals surface area contributed by atoms with E-state index in [0.29, 0.717) is 5.92 Å². The zero-order chi connectivity index (χ0) is 12.3. The Morgan fingerprint density at radius 3 is 2.94 bits per heavy atom. The van der Waals surface area contributed by atoms with Gasteiger partial charge in [0, 0.05) is 25.4 Å². The molecule has 0 amide bonds.